The minimum Gasteiger partial charge on any atom is -0.495 e. The maximum Gasteiger partial charge on any atom is 0.245 e. The van der Waals surface area contributed by atoms with Crippen molar-refractivity contribution in [1.29, 1.82) is 0 Å². The Labute approximate surface area is 145 Å². The summed E-state index contributed by atoms with van der Waals surface area (Å²) in [7, 11) is -2.29. The monoisotopic (exact) mass is 371 g/mol. The summed E-state index contributed by atoms with van der Waals surface area (Å²) >= 11 is 12.1. The third-order valence-electron chi connectivity index (χ3n) is 3.92. The molecule has 7 heteroatoms. The first kappa shape index (κ1) is 16.6. The van der Waals surface area contributed by atoms with Crippen LogP contribution in [-0.4, -0.2) is 26.4 Å². The summed E-state index contributed by atoms with van der Waals surface area (Å²) in [5.74, 6) is 0.284. The van der Waals surface area contributed by atoms with E-state index in [1.807, 2.05) is 24.3 Å². The zero-order chi connectivity index (χ0) is 16.6. The second kappa shape index (κ2) is 6.32. The van der Waals surface area contributed by atoms with Crippen LogP contribution >= 0.6 is 23.2 Å². The maximum atomic E-state index is 12.9. The molecule has 0 saturated heterocycles. The molecule has 1 heterocycles. The molecule has 2 aromatic rings. The number of hydrogen-bond acceptors (Lipinski definition) is 3. The molecule has 0 spiro atoms. The number of nitrogens with zero attached hydrogens (tertiary/aromatic N) is 1. The summed E-state index contributed by atoms with van der Waals surface area (Å²) in [6.07, 6.45) is 0.678. The van der Waals surface area contributed by atoms with Crippen molar-refractivity contribution >= 4 is 33.2 Å². The second-order valence-electron chi connectivity index (χ2n) is 5.27. The van der Waals surface area contributed by atoms with Gasteiger partial charge in [-0.2, -0.15) is 4.31 Å². The molecule has 0 amide bonds. The largest absolute Gasteiger partial charge is 0.495 e. The van der Waals surface area contributed by atoms with Crippen molar-refractivity contribution in [2.24, 2.45) is 0 Å². The summed E-state index contributed by atoms with van der Waals surface area (Å²) in [5.41, 5.74) is 2.19. The lowest BCUT2D eigenvalue weighted by atomic mass is 10.0. The van der Waals surface area contributed by atoms with E-state index in [-0.39, 0.29) is 20.7 Å². The van der Waals surface area contributed by atoms with Crippen LogP contribution in [0.3, 0.4) is 0 Å². The van der Waals surface area contributed by atoms with Crippen LogP contribution in [0.2, 0.25) is 10.0 Å². The second-order valence-corrected chi connectivity index (χ2v) is 8.00. The molecule has 0 aliphatic carbocycles. The van der Waals surface area contributed by atoms with Gasteiger partial charge in [0.15, 0.2) is 0 Å². The molecule has 4 nitrogen and oxygen atoms in total. The van der Waals surface area contributed by atoms with E-state index in [0.29, 0.717) is 19.5 Å². The summed E-state index contributed by atoms with van der Waals surface area (Å²) in [6.45, 7) is 0.750. The van der Waals surface area contributed by atoms with Crippen LogP contribution in [0.4, 0.5) is 0 Å². The molecular weight excluding hydrogens is 357 g/mol. The normalized spacial score (nSPS) is 15.3. The third kappa shape index (κ3) is 3.06. The third-order valence-corrected chi connectivity index (χ3v) is 6.52. The zero-order valence-corrected chi connectivity index (χ0v) is 14.7. The molecule has 0 unspecified atom stereocenters. The molecule has 0 atom stereocenters. The van der Waals surface area contributed by atoms with Crippen molar-refractivity contribution < 1.29 is 13.2 Å². The van der Waals surface area contributed by atoms with Gasteiger partial charge in [-0.05, 0) is 23.6 Å². The fourth-order valence-electron chi connectivity index (χ4n) is 2.68. The van der Waals surface area contributed by atoms with Gasteiger partial charge in [-0.1, -0.05) is 47.5 Å². The van der Waals surface area contributed by atoms with Gasteiger partial charge in [0.25, 0.3) is 0 Å². The van der Waals surface area contributed by atoms with Crippen LogP contribution in [0.5, 0.6) is 5.75 Å². The minimum atomic E-state index is -3.72. The summed E-state index contributed by atoms with van der Waals surface area (Å²) in [4.78, 5) is 0.0137. The topological polar surface area (TPSA) is 46.6 Å². The van der Waals surface area contributed by atoms with Crippen molar-refractivity contribution in [2.45, 2.75) is 17.9 Å². The van der Waals surface area contributed by atoms with Crippen LogP contribution in [-0.2, 0) is 23.0 Å². The zero-order valence-electron chi connectivity index (χ0n) is 12.4. The lowest BCUT2D eigenvalue weighted by molar-refractivity contribution is 0.389. The van der Waals surface area contributed by atoms with Crippen LogP contribution in [0.15, 0.2) is 41.3 Å². The number of halogens is 2. The average Bonchev–Trinajstić information content (AvgIpc) is 2.54. The van der Waals surface area contributed by atoms with Gasteiger partial charge in [0.2, 0.25) is 10.0 Å². The predicted octanol–water partition coefficient (Wildman–Crippen LogP) is 3.75. The Bertz CT molecular complexity index is 852. The maximum absolute atomic E-state index is 12.9. The molecule has 0 aromatic heterocycles. The SMILES string of the molecule is COc1cc(S(=O)(=O)N2CCc3ccccc3C2)c(Cl)cc1Cl. The van der Waals surface area contributed by atoms with E-state index in [1.54, 1.807) is 0 Å². The highest BCUT2D eigenvalue weighted by atomic mass is 35.5. The molecule has 1 aliphatic heterocycles. The van der Waals surface area contributed by atoms with Crippen LogP contribution < -0.4 is 4.74 Å². The molecule has 2 aromatic carbocycles. The van der Waals surface area contributed by atoms with E-state index < -0.39 is 10.0 Å². The quantitative estimate of drug-likeness (QED) is 0.825. The Hall–Kier alpha value is -1.27. The van der Waals surface area contributed by atoms with E-state index in [4.69, 9.17) is 27.9 Å². The van der Waals surface area contributed by atoms with E-state index in [9.17, 15) is 8.42 Å². The van der Waals surface area contributed by atoms with E-state index in [2.05, 4.69) is 0 Å². The van der Waals surface area contributed by atoms with Crippen molar-refractivity contribution in [1.82, 2.24) is 4.31 Å². The number of ether oxygens (including phenoxy) is 1. The van der Waals surface area contributed by atoms with Crippen LogP contribution in [0.1, 0.15) is 11.1 Å². The highest BCUT2D eigenvalue weighted by Gasteiger charge is 2.30. The van der Waals surface area contributed by atoms with Gasteiger partial charge in [0.05, 0.1) is 17.2 Å². The fraction of sp³-hybridized carbons (Fsp3) is 0.250. The summed E-state index contributed by atoms with van der Waals surface area (Å²) in [5, 5.41) is 0.370. The predicted molar refractivity (Wildman–Crippen MR) is 90.8 cm³/mol. The summed E-state index contributed by atoms with van der Waals surface area (Å²) < 4.78 is 32.4. The van der Waals surface area contributed by atoms with Gasteiger partial charge >= 0.3 is 0 Å². The molecule has 122 valence electrons. The van der Waals surface area contributed by atoms with Crippen LogP contribution in [0, 0.1) is 0 Å². The summed E-state index contributed by atoms with van der Waals surface area (Å²) in [6, 6.07) is 10.6. The Morgan fingerprint density at radius 1 is 1.09 bits per heavy atom. The highest BCUT2D eigenvalue weighted by Crippen LogP contribution is 2.35. The molecule has 23 heavy (non-hydrogen) atoms. The molecule has 0 bridgehead atoms. The molecule has 0 N–H and O–H groups in total. The standard InChI is InChI=1S/C16H15Cl2NO3S/c1-22-15-9-16(14(18)8-13(15)17)23(20,21)19-7-6-11-4-2-3-5-12(11)10-19/h2-5,8-9H,6-7,10H2,1H3. The first-order chi connectivity index (χ1) is 10.9. The molecular formula is C16H15Cl2NO3S. The van der Waals surface area contributed by atoms with Gasteiger partial charge < -0.3 is 4.74 Å². The lowest BCUT2D eigenvalue weighted by Crippen LogP contribution is -2.36. The van der Waals surface area contributed by atoms with E-state index in [1.165, 1.54) is 29.1 Å². The molecule has 0 fully saturated rings. The first-order valence-electron chi connectivity index (χ1n) is 7.03. The number of methoxy groups -OCH3 is 1. The van der Waals surface area contributed by atoms with E-state index >= 15 is 0 Å². The fourth-order valence-corrected chi connectivity index (χ4v) is 4.91. The molecule has 3 rings (SSSR count). The van der Waals surface area contributed by atoms with Crippen molar-refractivity contribution in [3.8, 4) is 5.75 Å². The van der Waals surface area contributed by atoms with Gasteiger partial charge in [-0.3, -0.25) is 0 Å². The molecule has 1 aliphatic rings. The lowest BCUT2D eigenvalue weighted by Gasteiger charge is -2.28. The van der Waals surface area contributed by atoms with Crippen molar-refractivity contribution in [2.75, 3.05) is 13.7 Å². The first-order valence-corrected chi connectivity index (χ1v) is 9.23. The van der Waals surface area contributed by atoms with Gasteiger partial charge in [-0.15, -0.1) is 0 Å². The van der Waals surface area contributed by atoms with Gasteiger partial charge in [0, 0.05) is 19.2 Å². The van der Waals surface area contributed by atoms with Crippen LogP contribution in [0.25, 0.3) is 0 Å². The van der Waals surface area contributed by atoms with Crippen molar-refractivity contribution in [3.05, 3.63) is 57.6 Å². The smallest absolute Gasteiger partial charge is 0.245 e. The highest BCUT2D eigenvalue weighted by molar-refractivity contribution is 7.89. The molecule has 0 radical (unpaired) electrons. The Balaban J connectivity index is 2.00. The average molecular weight is 372 g/mol. The van der Waals surface area contributed by atoms with Gasteiger partial charge in [-0.25, -0.2) is 8.42 Å². The van der Waals surface area contributed by atoms with Gasteiger partial charge in [0.1, 0.15) is 10.6 Å². The number of hydrogen-bond donors (Lipinski definition) is 0. The Kier molecular flexibility index (Phi) is 4.56. The number of rotatable bonds is 3. The number of sulfonamides is 1. The number of benzene rings is 2. The minimum absolute atomic E-state index is 0.0137. The molecule has 0 saturated carbocycles. The van der Waals surface area contributed by atoms with E-state index in [0.717, 1.165) is 5.56 Å². The Morgan fingerprint density at radius 3 is 2.48 bits per heavy atom. The van der Waals surface area contributed by atoms with Crippen molar-refractivity contribution in [3.63, 3.8) is 0 Å². The Morgan fingerprint density at radius 2 is 1.78 bits per heavy atom. The number of fused-ring (bicyclic) bond motifs is 1.